The first-order valence-corrected chi connectivity index (χ1v) is 4.63. The van der Waals surface area contributed by atoms with Gasteiger partial charge in [0, 0.05) is 7.11 Å². The van der Waals surface area contributed by atoms with Gasteiger partial charge in [-0.3, -0.25) is 0 Å². The summed E-state index contributed by atoms with van der Waals surface area (Å²) >= 11 is 0. The molecule has 3 nitrogen and oxygen atoms in total. The first-order valence-electron chi connectivity index (χ1n) is 4.63. The van der Waals surface area contributed by atoms with Crippen molar-refractivity contribution in [1.82, 2.24) is 0 Å². The summed E-state index contributed by atoms with van der Waals surface area (Å²) < 4.78 is 10.8. The second-order valence-electron chi connectivity index (χ2n) is 3.19. The van der Waals surface area contributed by atoms with Gasteiger partial charge in [-0.2, -0.15) is 0 Å². The fraction of sp³-hybridized carbons (Fsp3) is 1.00. The Morgan fingerprint density at radius 3 is 2.50 bits per heavy atom. The number of aliphatic hydroxyl groups excluding tert-OH is 1. The Morgan fingerprint density at radius 1 is 1.25 bits per heavy atom. The summed E-state index contributed by atoms with van der Waals surface area (Å²) in [5.41, 5.74) is 0. The molecule has 0 spiro atoms. The van der Waals surface area contributed by atoms with Crippen LogP contribution in [0.4, 0.5) is 0 Å². The van der Waals surface area contributed by atoms with Crippen LogP contribution in [0.25, 0.3) is 0 Å². The van der Waals surface area contributed by atoms with E-state index in [0.29, 0.717) is 6.61 Å². The van der Waals surface area contributed by atoms with Gasteiger partial charge in [-0.15, -0.1) is 0 Å². The molecule has 72 valence electrons. The lowest BCUT2D eigenvalue weighted by molar-refractivity contribution is -0.0828. The third kappa shape index (κ3) is 2.73. The fourth-order valence-electron chi connectivity index (χ4n) is 1.73. The Kier molecular flexibility index (Phi) is 4.58. The van der Waals surface area contributed by atoms with Crippen LogP contribution in [0.3, 0.4) is 0 Å². The van der Waals surface area contributed by atoms with E-state index in [2.05, 4.69) is 0 Å². The van der Waals surface area contributed by atoms with E-state index in [4.69, 9.17) is 14.6 Å². The number of aliphatic hydroxyl groups is 1. The lowest BCUT2D eigenvalue weighted by Gasteiger charge is -2.30. The predicted octanol–water partition coefficient (Wildman–Crippen LogP) is 0.953. The van der Waals surface area contributed by atoms with Gasteiger partial charge in [0.15, 0.2) is 0 Å². The Balaban J connectivity index is 2.26. The molecular weight excluding hydrogens is 156 g/mol. The quantitative estimate of drug-likeness (QED) is 0.689. The molecule has 1 rings (SSSR count). The van der Waals surface area contributed by atoms with Gasteiger partial charge < -0.3 is 14.6 Å². The maximum absolute atomic E-state index is 8.59. The van der Waals surface area contributed by atoms with Crippen molar-refractivity contribution in [2.75, 3.05) is 20.3 Å². The second-order valence-corrected chi connectivity index (χ2v) is 3.19. The topological polar surface area (TPSA) is 38.7 Å². The van der Waals surface area contributed by atoms with Crippen molar-refractivity contribution in [3.05, 3.63) is 0 Å². The third-order valence-electron chi connectivity index (χ3n) is 2.37. The summed E-state index contributed by atoms with van der Waals surface area (Å²) in [4.78, 5) is 0. The highest BCUT2D eigenvalue weighted by Crippen LogP contribution is 2.22. The molecule has 1 aliphatic carbocycles. The first kappa shape index (κ1) is 9.96. The van der Waals surface area contributed by atoms with Crippen LogP contribution in [0, 0.1) is 0 Å². The molecule has 1 unspecified atom stereocenters. The minimum atomic E-state index is 0.104. The van der Waals surface area contributed by atoms with Gasteiger partial charge in [-0.05, 0) is 12.8 Å². The molecule has 0 bridgehead atoms. The van der Waals surface area contributed by atoms with Crippen LogP contribution in [0.1, 0.15) is 25.7 Å². The zero-order valence-electron chi connectivity index (χ0n) is 7.66. The lowest BCUT2D eigenvalue weighted by atomic mass is 9.94. The lowest BCUT2D eigenvalue weighted by Crippen LogP contribution is -2.34. The zero-order chi connectivity index (χ0) is 8.81. The van der Waals surface area contributed by atoms with Crippen molar-refractivity contribution in [1.29, 1.82) is 0 Å². The predicted molar refractivity (Wildman–Crippen MR) is 46.1 cm³/mol. The van der Waals surface area contributed by atoms with E-state index in [1.165, 1.54) is 12.8 Å². The van der Waals surface area contributed by atoms with Crippen LogP contribution in [0.15, 0.2) is 0 Å². The second kappa shape index (κ2) is 5.51. The van der Waals surface area contributed by atoms with E-state index in [1.54, 1.807) is 7.11 Å². The Morgan fingerprint density at radius 2 is 1.92 bits per heavy atom. The summed E-state index contributed by atoms with van der Waals surface area (Å²) in [6, 6.07) is 0. The molecule has 2 atom stereocenters. The van der Waals surface area contributed by atoms with Gasteiger partial charge in [0.05, 0.1) is 25.4 Å². The highest BCUT2D eigenvalue weighted by molar-refractivity contribution is 4.76. The van der Waals surface area contributed by atoms with Crippen molar-refractivity contribution in [3.63, 3.8) is 0 Å². The molecule has 0 heterocycles. The highest BCUT2D eigenvalue weighted by Gasteiger charge is 2.24. The van der Waals surface area contributed by atoms with Gasteiger partial charge in [0.2, 0.25) is 0 Å². The molecular formula is C9H18O3. The van der Waals surface area contributed by atoms with Crippen LogP contribution in [0.5, 0.6) is 0 Å². The van der Waals surface area contributed by atoms with Crippen LogP contribution >= 0.6 is 0 Å². The van der Waals surface area contributed by atoms with E-state index in [9.17, 15) is 0 Å². The van der Waals surface area contributed by atoms with Crippen molar-refractivity contribution in [2.45, 2.75) is 37.9 Å². The standard InChI is InChI=1S/C9H18O3/c1-11-8-4-2-3-5-9(8)12-7-6-10/h8-10H,2-7H2,1H3/t8-,9?/m1/s1. The number of hydrogen-bond donors (Lipinski definition) is 1. The van der Waals surface area contributed by atoms with Crippen LogP contribution in [-0.4, -0.2) is 37.6 Å². The number of ether oxygens (including phenoxy) is 2. The van der Waals surface area contributed by atoms with Crippen LogP contribution in [-0.2, 0) is 9.47 Å². The van der Waals surface area contributed by atoms with E-state index >= 15 is 0 Å². The van der Waals surface area contributed by atoms with Crippen LogP contribution in [0.2, 0.25) is 0 Å². The maximum Gasteiger partial charge on any atom is 0.0837 e. The number of rotatable bonds is 4. The van der Waals surface area contributed by atoms with E-state index in [0.717, 1.165) is 12.8 Å². The monoisotopic (exact) mass is 174 g/mol. The molecule has 1 aliphatic rings. The summed E-state index contributed by atoms with van der Waals surface area (Å²) in [6.07, 6.45) is 5.06. The molecule has 12 heavy (non-hydrogen) atoms. The zero-order valence-corrected chi connectivity index (χ0v) is 7.66. The van der Waals surface area contributed by atoms with Crippen molar-refractivity contribution in [2.24, 2.45) is 0 Å². The summed E-state index contributed by atoms with van der Waals surface area (Å²) in [6.45, 7) is 0.539. The minimum absolute atomic E-state index is 0.104. The van der Waals surface area contributed by atoms with Crippen molar-refractivity contribution in [3.8, 4) is 0 Å². The van der Waals surface area contributed by atoms with Gasteiger partial charge >= 0.3 is 0 Å². The molecule has 0 aromatic heterocycles. The first-order chi connectivity index (χ1) is 5.88. The molecule has 1 fully saturated rings. The molecule has 1 N–H and O–H groups in total. The minimum Gasteiger partial charge on any atom is -0.394 e. The Hall–Kier alpha value is -0.120. The molecule has 0 saturated heterocycles. The molecule has 3 heteroatoms. The van der Waals surface area contributed by atoms with E-state index in [1.807, 2.05) is 0 Å². The summed E-state index contributed by atoms with van der Waals surface area (Å²) in [5.74, 6) is 0. The van der Waals surface area contributed by atoms with E-state index < -0.39 is 0 Å². The third-order valence-corrected chi connectivity index (χ3v) is 2.37. The fourth-order valence-corrected chi connectivity index (χ4v) is 1.73. The molecule has 0 amide bonds. The molecule has 0 aromatic carbocycles. The van der Waals surface area contributed by atoms with Gasteiger partial charge in [0.1, 0.15) is 0 Å². The molecule has 1 saturated carbocycles. The molecule has 0 radical (unpaired) electrons. The largest absolute Gasteiger partial charge is 0.394 e. The van der Waals surface area contributed by atoms with Crippen molar-refractivity contribution < 1.29 is 14.6 Å². The molecule has 0 aromatic rings. The maximum atomic E-state index is 8.59. The SMILES string of the molecule is CO[C@@H]1CCCCC1OCCO. The average Bonchev–Trinajstić information content (AvgIpc) is 2.15. The average molecular weight is 174 g/mol. The summed E-state index contributed by atoms with van der Waals surface area (Å²) in [7, 11) is 1.73. The Labute approximate surface area is 73.7 Å². The number of methoxy groups -OCH3 is 1. The summed E-state index contributed by atoms with van der Waals surface area (Å²) in [5, 5.41) is 8.59. The highest BCUT2D eigenvalue weighted by atomic mass is 16.5. The van der Waals surface area contributed by atoms with Gasteiger partial charge in [0.25, 0.3) is 0 Å². The van der Waals surface area contributed by atoms with Crippen molar-refractivity contribution >= 4 is 0 Å². The van der Waals surface area contributed by atoms with E-state index in [-0.39, 0.29) is 18.8 Å². The van der Waals surface area contributed by atoms with Gasteiger partial charge in [-0.25, -0.2) is 0 Å². The van der Waals surface area contributed by atoms with Gasteiger partial charge in [-0.1, -0.05) is 12.8 Å². The Bertz CT molecular complexity index is 116. The number of hydrogen-bond acceptors (Lipinski definition) is 3. The van der Waals surface area contributed by atoms with Crippen LogP contribution < -0.4 is 0 Å². The molecule has 0 aliphatic heterocycles. The normalized spacial score (nSPS) is 30.5. The smallest absolute Gasteiger partial charge is 0.0837 e.